The van der Waals surface area contributed by atoms with Gasteiger partial charge in [0.05, 0.1) is 13.2 Å². The van der Waals surface area contributed by atoms with Crippen LogP contribution in [0.15, 0.2) is 12.2 Å². The number of rotatable bonds is 18. The molecule has 166 valence electrons. The third-order valence-electron chi connectivity index (χ3n) is 5.47. The number of hydrogen-bond acceptors (Lipinski definition) is 5. The van der Waals surface area contributed by atoms with Crippen LogP contribution in [0.1, 0.15) is 90.4 Å². The van der Waals surface area contributed by atoms with Gasteiger partial charge in [-0.3, -0.25) is 0 Å². The van der Waals surface area contributed by atoms with Crippen LogP contribution in [0.2, 0.25) is 0 Å². The fraction of sp³-hybridized carbons (Fsp3) is 0.913. The fourth-order valence-electron chi connectivity index (χ4n) is 3.61. The van der Waals surface area contributed by atoms with E-state index in [2.05, 4.69) is 19.1 Å². The van der Waals surface area contributed by atoms with E-state index in [0.717, 1.165) is 19.3 Å². The van der Waals surface area contributed by atoms with Gasteiger partial charge in [-0.25, -0.2) is 0 Å². The molecule has 1 fully saturated rings. The average Bonchev–Trinajstić information content (AvgIpc) is 3.03. The number of allylic oxidation sites excluding steroid dienone is 2. The Balaban J connectivity index is 1.89. The fourth-order valence-corrected chi connectivity index (χ4v) is 3.61. The van der Waals surface area contributed by atoms with Crippen LogP contribution in [-0.4, -0.2) is 59.6 Å². The minimum Gasteiger partial charge on any atom is -0.394 e. The Bertz CT molecular complexity index is 374. The van der Waals surface area contributed by atoms with Crippen molar-refractivity contribution in [3.63, 3.8) is 0 Å². The third kappa shape index (κ3) is 11.5. The Kier molecular flexibility index (Phi) is 15.9. The zero-order valence-electron chi connectivity index (χ0n) is 17.9. The molecule has 0 spiro atoms. The van der Waals surface area contributed by atoms with E-state index in [0.29, 0.717) is 6.61 Å². The Hall–Kier alpha value is -0.460. The van der Waals surface area contributed by atoms with Gasteiger partial charge in [-0.05, 0) is 32.1 Å². The second-order valence-corrected chi connectivity index (χ2v) is 8.03. The van der Waals surface area contributed by atoms with Gasteiger partial charge >= 0.3 is 0 Å². The van der Waals surface area contributed by atoms with Crippen LogP contribution in [0.5, 0.6) is 0 Å². The molecule has 0 radical (unpaired) electrons. The molecule has 4 atom stereocenters. The molecule has 0 aliphatic carbocycles. The first-order valence-corrected chi connectivity index (χ1v) is 11.6. The van der Waals surface area contributed by atoms with Crippen molar-refractivity contribution in [2.75, 3.05) is 19.8 Å². The van der Waals surface area contributed by atoms with Gasteiger partial charge < -0.3 is 24.8 Å². The molecular formula is C23H44O5. The normalized spacial score (nSPS) is 23.6. The van der Waals surface area contributed by atoms with Crippen LogP contribution in [0.3, 0.4) is 0 Å². The van der Waals surface area contributed by atoms with E-state index in [1.807, 2.05) is 0 Å². The molecule has 1 heterocycles. The summed E-state index contributed by atoms with van der Waals surface area (Å²) < 4.78 is 11.0. The van der Waals surface area contributed by atoms with E-state index in [9.17, 15) is 15.3 Å². The molecule has 0 unspecified atom stereocenters. The zero-order chi connectivity index (χ0) is 20.5. The monoisotopic (exact) mass is 400 g/mol. The molecule has 1 aliphatic heterocycles. The Labute approximate surface area is 172 Å². The number of hydrogen-bond donors (Lipinski definition) is 3. The van der Waals surface area contributed by atoms with Gasteiger partial charge in [0.2, 0.25) is 0 Å². The van der Waals surface area contributed by atoms with Gasteiger partial charge in [0.1, 0.15) is 24.4 Å². The van der Waals surface area contributed by atoms with Crippen molar-refractivity contribution in [1.82, 2.24) is 0 Å². The predicted octanol–water partition coefficient (Wildman–Crippen LogP) is 4.13. The van der Waals surface area contributed by atoms with E-state index in [1.54, 1.807) is 0 Å². The lowest BCUT2D eigenvalue weighted by atomic mass is 10.1. The molecule has 0 aromatic heterocycles. The zero-order valence-corrected chi connectivity index (χ0v) is 17.9. The summed E-state index contributed by atoms with van der Waals surface area (Å²) in [5.41, 5.74) is 0. The minimum atomic E-state index is -0.985. The molecule has 5 heteroatoms. The van der Waals surface area contributed by atoms with Crippen molar-refractivity contribution in [3.8, 4) is 0 Å². The third-order valence-corrected chi connectivity index (χ3v) is 5.47. The van der Waals surface area contributed by atoms with Crippen LogP contribution < -0.4 is 0 Å². The van der Waals surface area contributed by atoms with Crippen molar-refractivity contribution in [2.45, 2.75) is 115 Å². The Morgan fingerprint density at radius 2 is 1.46 bits per heavy atom. The summed E-state index contributed by atoms with van der Waals surface area (Å²) in [5.74, 6) is 0. The van der Waals surface area contributed by atoms with Gasteiger partial charge in [0.15, 0.2) is 0 Å². The maximum atomic E-state index is 9.82. The lowest BCUT2D eigenvalue weighted by molar-refractivity contribution is -0.101. The molecule has 5 nitrogen and oxygen atoms in total. The number of aliphatic hydroxyl groups excluding tert-OH is 3. The largest absolute Gasteiger partial charge is 0.394 e. The first kappa shape index (κ1) is 25.6. The molecule has 1 rings (SSSR count). The van der Waals surface area contributed by atoms with Crippen LogP contribution in [0.25, 0.3) is 0 Å². The second-order valence-electron chi connectivity index (χ2n) is 8.03. The lowest BCUT2D eigenvalue weighted by Gasteiger charge is -2.24. The van der Waals surface area contributed by atoms with E-state index in [4.69, 9.17) is 9.47 Å². The van der Waals surface area contributed by atoms with Crippen LogP contribution in [-0.2, 0) is 9.47 Å². The van der Waals surface area contributed by atoms with Crippen LogP contribution in [0.4, 0.5) is 0 Å². The topological polar surface area (TPSA) is 79.2 Å². The molecule has 3 N–H and O–H groups in total. The summed E-state index contributed by atoms with van der Waals surface area (Å²) in [5, 5.41) is 28.7. The average molecular weight is 401 g/mol. The molecule has 0 aromatic carbocycles. The van der Waals surface area contributed by atoms with Crippen molar-refractivity contribution in [2.24, 2.45) is 0 Å². The molecule has 0 saturated carbocycles. The van der Waals surface area contributed by atoms with E-state index < -0.39 is 24.4 Å². The summed E-state index contributed by atoms with van der Waals surface area (Å²) in [6.45, 7) is 2.67. The molecule has 0 bridgehead atoms. The quantitative estimate of drug-likeness (QED) is 0.238. The van der Waals surface area contributed by atoms with Crippen molar-refractivity contribution >= 4 is 0 Å². The summed E-state index contributed by atoms with van der Waals surface area (Å²) in [6.07, 6.45) is 18.0. The summed E-state index contributed by atoms with van der Waals surface area (Å²) >= 11 is 0. The highest BCUT2D eigenvalue weighted by molar-refractivity contribution is 4.88. The molecule has 1 saturated heterocycles. The van der Waals surface area contributed by atoms with Crippen molar-refractivity contribution in [3.05, 3.63) is 12.2 Å². The Morgan fingerprint density at radius 3 is 2.00 bits per heavy atom. The first-order valence-electron chi connectivity index (χ1n) is 11.6. The molecule has 1 aliphatic rings. The van der Waals surface area contributed by atoms with E-state index >= 15 is 0 Å². The van der Waals surface area contributed by atoms with Crippen LogP contribution >= 0.6 is 0 Å². The second kappa shape index (κ2) is 17.4. The van der Waals surface area contributed by atoms with Gasteiger partial charge in [-0.15, -0.1) is 0 Å². The van der Waals surface area contributed by atoms with E-state index in [-0.39, 0.29) is 13.2 Å². The number of unbranched alkanes of at least 4 members (excludes halogenated alkanes) is 11. The minimum absolute atomic E-state index is 0.0927. The van der Waals surface area contributed by atoms with E-state index in [1.165, 1.54) is 64.2 Å². The van der Waals surface area contributed by atoms with Crippen LogP contribution in [0, 0.1) is 0 Å². The van der Waals surface area contributed by atoms with Crippen molar-refractivity contribution < 1.29 is 24.8 Å². The number of aliphatic hydroxyl groups is 3. The highest BCUT2D eigenvalue weighted by Gasteiger charge is 2.40. The van der Waals surface area contributed by atoms with Gasteiger partial charge in [0.25, 0.3) is 0 Å². The Morgan fingerprint density at radius 1 is 0.893 bits per heavy atom. The molecule has 28 heavy (non-hydrogen) atoms. The maximum Gasteiger partial charge on any atom is 0.114 e. The van der Waals surface area contributed by atoms with Gasteiger partial charge in [-0.2, -0.15) is 0 Å². The smallest absolute Gasteiger partial charge is 0.114 e. The van der Waals surface area contributed by atoms with Gasteiger partial charge in [-0.1, -0.05) is 70.4 Å². The summed E-state index contributed by atoms with van der Waals surface area (Å²) in [6, 6.07) is 0. The maximum absolute atomic E-state index is 9.82. The summed E-state index contributed by atoms with van der Waals surface area (Å²) in [4.78, 5) is 0. The summed E-state index contributed by atoms with van der Waals surface area (Å²) in [7, 11) is 0. The highest BCUT2D eigenvalue weighted by atomic mass is 16.6. The molecule has 0 aromatic rings. The standard InChI is InChI=1S/C23H44O5/c1-2-3-4-5-6-7-8-9-10-11-12-13-14-15-16-17-27-21(18-24)23-22(26)20(25)19-28-23/h12-13,20-26H,2-11,14-19H2,1H3/b13-12+/t20-,21+,22+,23+/m1/s1. The number of ether oxygens (including phenoxy) is 2. The first-order chi connectivity index (χ1) is 13.7. The van der Waals surface area contributed by atoms with Gasteiger partial charge in [0, 0.05) is 6.61 Å². The lowest BCUT2D eigenvalue weighted by Crippen LogP contribution is -2.42. The predicted molar refractivity (Wildman–Crippen MR) is 113 cm³/mol. The van der Waals surface area contributed by atoms with Crippen molar-refractivity contribution in [1.29, 1.82) is 0 Å². The molecule has 0 amide bonds. The SMILES string of the molecule is CCCCCCCCCCC/C=C/CCCCO[C@@H](CO)[C@@H]1OC[C@@H](O)[C@@H]1O. The highest BCUT2D eigenvalue weighted by Crippen LogP contribution is 2.19. The molecular weight excluding hydrogens is 356 g/mol.